The SMILES string of the molecule is COc1ccc(C(=O)Nc2nc(C)c(C(=O)N/N=C3/S/C(=C/c4ccccc4)C(=O)N3c3ccccc3)s2)cc1. The van der Waals surface area contributed by atoms with Gasteiger partial charge in [0.05, 0.1) is 23.4 Å². The van der Waals surface area contributed by atoms with Gasteiger partial charge in [-0.15, -0.1) is 5.10 Å². The predicted molar refractivity (Wildman–Crippen MR) is 159 cm³/mol. The number of benzene rings is 3. The highest BCUT2D eigenvalue weighted by Crippen LogP contribution is 2.36. The Morgan fingerprint density at radius 3 is 2.30 bits per heavy atom. The second-order valence-corrected chi connectivity index (χ2v) is 10.5. The van der Waals surface area contributed by atoms with Crippen LogP contribution in [0.4, 0.5) is 10.8 Å². The molecule has 1 fully saturated rings. The summed E-state index contributed by atoms with van der Waals surface area (Å²) >= 11 is 2.20. The summed E-state index contributed by atoms with van der Waals surface area (Å²) in [5, 5.41) is 7.60. The van der Waals surface area contributed by atoms with Gasteiger partial charge in [-0.05, 0) is 66.7 Å². The van der Waals surface area contributed by atoms with Crippen molar-refractivity contribution in [3.05, 3.63) is 112 Å². The number of amides is 3. The van der Waals surface area contributed by atoms with Crippen LogP contribution in [0.2, 0.25) is 0 Å². The molecule has 9 nitrogen and oxygen atoms in total. The van der Waals surface area contributed by atoms with Crippen LogP contribution in [0.5, 0.6) is 5.75 Å². The molecule has 40 heavy (non-hydrogen) atoms. The van der Waals surface area contributed by atoms with Crippen molar-refractivity contribution in [1.29, 1.82) is 0 Å². The van der Waals surface area contributed by atoms with Crippen LogP contribution in [-0.2, 0) is 4.79 Å². The van der Waals surface area contributed by atoms with Gasteiger partial charge in [-0.25, -0.2) is 10.4 Å². The number of rotatable bonds is 7. The van der Waals surface area contributed by atoms with Crippen molar-refractivity contribution < 1.29 is 19.1 Å². The fraction of sp³-hybridized carbons (Fsp3) is 0.0690. The quantitative estimate of drug-likeness (QED) is 0.223. The molecule has 1 aliphatic rings. The molecule has 3 amide bonds. The number of methoxy groups -OCH3 is 1. The summed E-state index contributed by atoms with van der Waals surface area (Å²) in [6, 6.07) is 25.2. The molecule has 2 heterocycles. The van der Waals surface area contributed by atoms with E-state index in [1.807, 2.05) is 48.5 Å². The Bertz CT molecular complexity index is 1620. The first kappa shape index (κ1) is 26.9. The topological polar surface area (TPSA) is 113 Å². The third-order valence-corrected chi connectivity index (χ3v) is 7.79. The summed E-state index contributed by atoms with van der Waals surface area (Å²) in [4.78, 5) is 45.5. The van der Waals surface area contributed by atoms with Crippen LogP contribution in [-0.4, -0.2) is 35.0 Å². The summed E-state index contributed by atoms with van der Waals surface area (Å²) in [5.74, 6) is -0.474. The van der Waals surface area contributed by atoms with Gasteiger partial charge in [0.15, 0.2) is 10.3 Å². The fourth-order valence-electron chi connectivity index (χ4n) is 3.78. The number of nitrogens with zero attached hydrogens (tertiary/aromatic N) is 3. The number of aromatic nitrogens is 1. The fourth-order valence-corrected chi connectivity index (χ4v) is 5.57. The molecule has 2 N–H and O–H groups in total. The molecule has 1 aliphatic heterocycles. The van der Waals surface area contributed by atoms with Gasteiger partial charge in [-0.1, -0.05) is 59.9 Å². The Balaban J connectivity index is 1.34. The van der Waals surface area contributed by atoms with Crippen LogP contribution in [0.15, 0.2) is 94.9 Å². The first-order valence-electron chi connectivity index (χ1n) is 12.1. The third kappa shape index (κ3) is 5.95. The monoisotopic (exact) mass is 569 g/mol. The van der Waals surface area contributed by atoms with Gasteiger partial charge >= 0.3 is 0 Å². The molecule has 5 rings (SSSR count). The number of aryl methyl sites for hydroxylation is 1. The number of para-hydroxylation sites is 1. The summed E-state index contributed by atoms with van der Waals surface area (Å²) in [5.41, 5.74) is 4.91. The predicted octanol–water partition coefficient (Wildman–Crippen LogP) is 5.53. The first-order chi connectivity index (χ1) is 19.4. The smallest absolute Gasteiger partial charge is 0.283 e. The van der Waals surface area contributed by atoms with Crippen molar-refractivity contribution in [1.82, 2.24) is 10.4 Å². The molecule has 0 atom stereocenters. The molecule has 0 spiro atoms. The third-order valence-electron chi connectivity index (χ3n) is 5.75. The zero-order valence-electron chi connectivity index (χ0n) is 21.5. The highest BCUT2D eigenvalue weighted by Gasteiger charge is 2.35. The lowest BCUT2D eigenvalue weighted by atomic mass is 10.2. The van der Waals surface area contributed by atoms with E-state index in [0.717, 1.165) is 16.9 Å². The van der Waals surface area contributed by atoms with Crippen LogP contribution in [0, 0.1) is 6.92 Å². The first-order valence-corrected chi connectivity index (χ1v) is 13.7. The van der Waals surface area contributed by atoms with Gasteiger partial charge in [0, 0.05) is 5.56 Å². The Hall–Kier alpha value is -4.74. The zero-order valence-corrected chi connectivity index (χ0v) is 23.1. The Morgan fingerprint density at radius 1 is 0.950 bits per heavy atom. The van der Waals surface area contributed by atoms with Crippen molar-refractivity contribution in [3.63, 3.8) is 0 Å². The van der Waals surface area contributed by atoms with Crippen LogP contribution >= 0.6 is 23.1 Å². The lowest BCUT2D eigenvalue weighted by molar-refractivity contribution is -0.113. The standard InChI is InChI=1S/C29H23N5O4S2/c1-18-24(40-28(30-18)31-25(35)20-13-15-22(38-2)16-14-20)26(36)32-33-29-34(21-11-7-4-8-12-21)27(37)23(39-29)17-19-9-5-3-6-10-19/h3-17H,1-2H3,(H,32,36)(H,30,31,35)/b23-17+,33-29+. The Kier molecular flexibility index (Phi) is 8.04. The van der Waals surface area contributed by atoms with Crippen LogP contribution in [0.25, 0.3) is 6.08 Å². The van der Waals surface area contributed by atoms with Gasteiger partial charge in [0.1, 0.15) is 10.6 Å². The minimum absolute atomic E-state index is 0.245. The van der Waals surface area contributed by atoms with Crippen molar-refractivity contribution >= 4 is 62.9 Å². The second kappa shape index (κ2) is 12.0. The van der Waals surface area contributed by atoms with E-state index in [1.54, 1.807) is 56.5 Å². The van der Waals surface area contributed by atoms with E-state index in [-0.39, 0.29) is 21.8 Å². The summed E-state index contributed by atoms with van der Waals surface area (Å²) in [6.45, 7) is 1.67. The summed E-state index contributed by atoms with van der Waals surface area (Å²) in [6.07, 6.45) is 1.79. The van der Waals surface area contributed by atoms with Crippen molar-refractivity contribution in [2.24, 2.45) is 5.10 Å². The highest BCUT2D eigenvalue weighted by molar-refractivity contribution is 8.19. The zero-order chi connectivity index (χ0) is 28.1. The highest BCUT2D eigenvalue weighted by atomic mass is 32.2. The van der Waals surface area contributed by atoms with E-state index < -0.39 is 5.91 Å². The molecule has 0 unspecified atom stereocenters. The minimum Gasteiger partial charge on any atom is -0.497 e. The minimum atomic E-state index is -0.506. The number of ether oxygens (including phenoxy) is 1. The summed E-state index contributed by atoms with van der Waals surface area (Å²) in [7, 11) is 1.55. The molecule has 0 radical (unpaired) electrons. The van der Waals surface area contributed by atoms with Gasteiger partial charge in [-0.2, -0.15) is 0 Å². The number of hydrogen-bond acceptors (Lipinski definition) is 8. The van der Waals surface area contributed by atoms with E-state index >= 15 is 0 Å². The maximum Gasteiger partial charge on any atom is 0.283 e. The average molecular weight is 570 g/mol. The molecule has 11 heteroatoms. The molecule has 4 aromatic rings. The van der Waals surface area contributed by atoms with E-state index in [2.05, 4.69) is 20.8 Å². The molecular weight excluding hydrogens is 546 g/mol. The van der Waals surface area contributed by atoms with Crippen LogP contribution < -0.4 is 20.4 Å². The van der Waals surface area contributed by atoms with Crippen LogP contribution in [0.3, 0.4) is 0 Å². The second-order valence-electron chi connectivity index (χ2n) is 8.45. The van der Waals surface area contributed by atoms with Crippen molar-refractivity contribution in [2.45, 2.75) is 6.92 Å². The lowest BCUT2D eigenvalue weighted by Gasteiger charge is -2.15. The number of carbonyl (C=O) groups is 3. The van der Waals surface area contributed by atoms with Crippen LogP contribution in [0.1, 0.15) is 31.3 Å². The molecule has 1 saturated heterocycles. The molecule has 0 aliphatic carbocycles. The number of hydrogen-bond donors (Lipinski definition) is 2. The van der Waals surface area contributed by atoms with E-state index in [4.69, 9.17) is 4.74 Å². The van der Waals surface area contributed by atoms with E-state index in [0.29, 0.717) is 32.8 Å². The number of carbonyl (C=O) groups excluding carboxylic acids is 3. The van der Waals surface area contributed by atoms with Gasteiger partial charge in [0.2, 0.25) is 0 Å². The molecule has 0 saturated carbocycles. The van der Waals surface area contributed by atoms with Gasteiger partial charge in [-0.3, -0.25) is 24.6 Å². The molecule has 0 bridgehead atoms. The van der Waals surface area contributed by atoms with Gasteiger partial charge in [0.25, 0.3) is 17.7 Å². The average Bonchev–Trinajstić information content (AvgIpc) is 3.50. The maximum atomic E-state index is 13.3. The number of thioether (sulfide) groups is 1. The van der Waals surface area contributed by atoms with Gasteiger partial charge < -0.3 is 4.74 Å². The van der Waals surface area contributed by atoms with Crippen molar-refractivity contribution in [2.75, 3.05) is 17.3 Å². The molecule has 200 valence electrons. The number of anilines is 2. The number of amidine groups is 1. The summed E-state index contributed by atoms with van der Waals surface area (Å²) < 4.78 is 5.12. The number of hydrazone groups is 1. The maximum absolute atomic E-state index is 13.3. The van der Waals surface area contributed by atoms with E-state index in [1.165, 1.54) is 16.7 Å². The normalized spacial score (nSPS) is 14.9. The lowest BCUT2D eigenvalue weighted by Crippen LogP contribution is -2.31. The molecule has 1 aromatic heterocycles. The Morgan fingerprint density at radius 2 is 1.62 bits per heavy atom. The number of nitrogens with one attached hydrogen (secondary N) is 2. The number of thiazole rings is 1. The Labute approximate surface area is 238 Å². The molecule has 3 aromatic carbocycles. The largest absolute Gasteiger partial charge is 0.497 e. The van der Waals surface area contributed by atoms with E-state index in [9.17, 15) is 14.4 Å². The van der Waals surface area contributed by atoms with Crippen molar-refractivity contribution in [3.8, 4) is 5.75 Å². The molecular formula is C29H23N5O4S2.